The number of carbonyl (C=O) groups is 1. The van der Waals surface area contributed by atoms with E-state index in [1.54, 1.807) is 6.07 Å². The third kappa shape index (κ3) is 2.78. The second-order valence-corrected chi connectivity index (χ2v) is 5.80. The van der Waals surface area contributed by atoms with Gasteiger partial charge in [-0.2, -0.15) is 0 Å². The molecule has 0 bridgehead atoms. The Hall–Kier alpha value is -1.53. The van der Waals surface area contributed by atoms with E-state index in [1.807, 2.05) is 12.1 Å². The van der Waals surface area contributed by atoms with Gasteiger partial charge in [0.15, 0.2) is 0 Å². The van der Waals surface area contributed by atoms with Crippen molar-refractivity contribution in [3.8, 4) is 0 Å². The lowest BCUT2D eigenvalue weighted by Crippen LogP contribution is -2.00. The molecule has 0 amide bonds. The van der Waals surface area contributed by atoms with Gasteiger partial charge in [0.1, 0.15) is 0 Å². The summed E-state index contributed by atoms with van der Waals surface area (Å²) in [4.78, 5) is 10.7. The van der Waals surface area contributed by atoms with Crippen molar-refractivity contribution in [2.45, 2.75) is 0 Å². The zero-order valence-electron chi connectivity index (χ0n) is 8.61. The molecule has 1 aromatic carbocycles. The van der Waals surface area contributed by atoms with Gasteiger partial charge in [-0.15, -0.1) is 11.3 Å². The Labute approximate surface area is 110 Å². The Bertz CT molecular complexity index is 568. The van der Waals surface area contributed by atoms with E-state index >= 15 is 0 Å². The summed E-state index contributed by atoms with van der Waals surface area (Å²) in [7, 11) is 0. The molecule has 0 saturated heterocycles. The first-order chi connectivity index (χ1) is 8.06. The molecule has 1 heterocycles. The van der Waals surface area contributed by atoms with Gasteiger partial charge in [0.25, 0.3) is 0 Å². The molecule has 0 saturated carbocycles. The normalized spacial score (nSPS) is 10.2. The average molecular weight is 313 g/mol. The molecule has 88 valence electrons. The summed E-state index contributed by atoms with van der Waals surface area (Å²) in [6.45, 7) is 0. The maximum atomic E-state index is 10.7. The van der Waals surface area contributed by atoms with E-state index in [9.17, 15) is 4.79 Å². The molecule has 1 aromatic heterocycles. The van der Waals surface area contributed by atoms with E-state index in [2.05, 4.69) is 21.2 Å². The number of nitrogens with one attached hydrogen (secondary N) is 1. The molecule has 0 fully saturated rings. The molecule has 4 nitrogen and oxygen atoms in total. The van der Waals surface area contributed by atoms with Crippen molar-refractivity contribution in [3.05, 3.63) is 39.7 Å². The van der Waals surface area contributed by atoms with Crippen LogP contribution in [0.4, 0.5) is 16.4 Å². The van der Waals surface area contributed by atoms with Crippen LogP contribution in [0.5, 0.6) is 0 Å². The van der Waals surface area contributed by atoms with Gasteiger partial charge in [0, 0.05) is 0 Å². The van der Waals surface area contributed by atoms with E-state index in [1.165, 1.54) is 23.5 Å². The van der Waals surface area contributed by atoms with Crippen LogP contribution in [0.25, 0.3) is 0 Å². The standard InChI is InChI=1S/C11H9BrN2O2S/c12-9-3-4-10(17-9)14-8-2-1-6(11(15)16)5-7(8)13/h1-5,14H,13H2,(H,15,16). The number of halogens is 1. The fourth-order valence-electron chi connectivity index (χ4n) is 1.32. The van der Waals surface area contributed by atoms with Crippen LogP contribution >= 0.6 is 27.3 Å². The summed E-state index contributed by atoms with van der Waals surface area (Å²) < 4.78 is 1.01. The number of benzene rings is 1. The van der Waals surface area contributed by atoms with Gasteiger partial charge in [-0.05, 0) is 46.3 Å². The number of carboxylic acid groups (broad SMARTS) is 1. The molecule has 4 N–H and O–H groups in total. The first-order valence-electron chi connectivity index (χ1n) is 4.71. The fraction of sp³-hybridized carbons (Fsp3) is 0. The summed E-state index contributed by atoms with van der Waals surface area (Å²) in [5.74, 6) is -0.984. The molecule has 0 aliphatic rings. The van der Waals surface area contributed by atoms with Crippen molar-refractivity contribution in [2.24, 2.45) is 0 Å². The zero-order valence-corrected chi connectivity index (χ0v) is 11.0. The monoisotopic (exact) mass is 312 g/mol. The molecule has 0 aliphatic carbocycles. The second-order valence-electron chi connectivity index (χ2n) is 3.34. The minimum Gasteiger partial charge on any atom is -0.478 e. The highest BCUT2D eigenvalue weighted by Gasteiger charge is 2.07. The summed E-state index contributed by atoms with van der Waals surface area (Å²) in [6, 6.07) is 8.46. The largest absolute Gasteiger partial charge is 0.478 e. The maximum absolute atomic E-state index is 10.7. The number of thiophene rings is 1. The highest BCUT2D eigenvalue weighted by atomic mass is 79.9. The van der Waals surface area contributed by atoms with Gasteiger partial charge < -0.3 is 16.2 Å². The first-order valence-corrected chi connectivity index (χ1v) is 6.32. The molecular weight excluding hydrogens is 304 g/mol. The van der Waals surface area contributed by atoms with Crippen LogP contribution in [0.2, 0.25) is 0 Å². The van der Waals surface area contributed by atoms with Crippen molar-refractivity contribution in [2.75, 3.05) is 11.1 Å². The Morgan fingerprint density at radius 3 is 2.65 bits per heavy atom. The van der Waals surface area contributed by atoms with Crippen LogP contribution in [0.15, 0.2) is 34.1 Å². The first kappa shape index (κ1) is 11.9. The lowest BCUT2D eigenvalue weighted by molar-refractivity contribution is 0.0697. The van der Waals surface area contributed by atoms with E-state index in [0.29, 0.717) is 11.4 Å². The third-order valence-corrected chi connectivity index (χ3v) is 3.67. The molecule has 2 rings (SSSR count). The van der Waals surface area contributed by atoms with Gasteiger partial charge in [-0.3, -0.25) is 0 Å². The van der Waals surface area contributed by atoms with Crippen LogP contribution in [0, 0.1) is 0 Å². The van der Waals surface area contributed by atoms with Gasteiger partial charge in [0.05, 0.1) is 25.7 Å². The van der Waals surface area contributed by atoms with Gasteiger partial charge >= 0.3 is 5.97 Å². The Morgan fingerprint density at radius 2 is 2.12 bits per heavy atom. The van der Waals surface area contributed by atoms with Crippen molar-refractivity contribution < 1.29 is 9.90 Å². The number of anilines is 3. The molecule has 17 heavy (non-hydrogen) atoms. The number of nitrogens with two attached hydrogens (primary N) is 1. The van der Waals surface area contributed by atoms with Crippen LogP contribution in [0.3, 0.4) is 0 Å². The van der Waals surface area contributed by atoms with Crippen LogP contribution in [-0.2, 0) is 0 Å². The highest BCUT2D eigenvalue weighted by Crippen LogP contribution is 2.31. The average Bonchev–Trinajstić information content (AvgIpc) is 2.67. The molecule has 0 spiro atoms. The van der Waals surface area contributed by atoms with E-state index in [4.69, 9.17) is 10.8 Å². The Morgan fingerprint density at radius 1 is 1.35 bits per heavy atom. The van der Waals surface area contributed by atoms with E-state index < -0.39 is 5.97 Å². The number of hydrogen-bond donors (Lipinski definition) is 3. The lowest BCUT2D eigenvalue weighted by Gasteiger charge is -2.07. The predicted molar refractivity (Wildman–Crippen MR) is 73.1 cm³/mol. The minimum absolute atomic E-state index is 0.181. The summed E-state index contributed by atoms with van der Waals surface area (Å²) in [5, 5.41) is 12.9. The Balaban J connectivity index is 2.25. The zero-order chi connectivity index (χ0) is 12.4. The molecule has 0 unspecified atom stereocenters. The fourth-order valence-corrected chi connectivity index (χ4v) is 2.62. The molecule has 0 aliphatic heterocycles. The molecule has 0 radical (unpaired) electrons. The van der Waals surface area contributed by atoms with Crippen molar-refractivity contribution in [1.82, 2.24) is 0 Å². The quantitative estimate of drug-likeness (QED) is 0.758. The number of nitrogen functional groups attached to an aromatic ring is 1. The smallest absolute Gasteiger partial charge is 0.335 e. The van der Waals surface area contributed by atoms with Gasteiger partial charge in [-0.1, -0.05) is 0 Å². The number of hydrogen-bond acceptors (Lipinski definition) is 4. The SMILES string of the molecule is Nc1cc(C(=O)O)ccc1Nc1ccc(Br)s1. The summed E-state index contributed by atoms with van der Waals surface area (Å²) >= 11 is 4.90. The number of aromatic carboxylic acids is 1. The molecular formula is C11H9BrN2O2S. The van der Waals surface area contributed by atoms with Crippen molar-refractivity contribution in [1.29, 1.82) is 0 Å². The molecule has 2 aromatic rings. The number of carboxylic acids is 1. The molecule has 0 atom stereocenters. The van der Waals surface area contributed by atoms with Crippen molar-refractivity contribution in [3.63, 3.8) is 0 Å². The van der Waals surface area contributed by atoms with E-state index in [0.717, 1.165) is 8.79 Å². The second kappa shape index (κ2) is 4.77. The maximum Gasteiger partial charge on any atom is 0.335 e. The Kier molecular flexibility index (Phi) is 3.35. The van der Waals surface area contributed by atoms with Gasteiger partial charge in [-0.25, -0.2) is 4.79 Å². The third-order valence-electron chi connectivity index (χ3n) is 2.13. The highest BCUT2D eigenvalue weighted by molar-refractivity contribution is 9.11. The minimum atomic E-state index is -0.984. The van der Waals surface area contributed by atoms with Crippen molar-refractivity contribution >= 4 is 49.6 Å². The van der Waals surface area contributed by atoms with Crippen LogP contribution in [-0.4, -0.2) is 11.1 Å². The van der Waals surface area contributed by atoms with Gasteiger partial charge in [0.2, 0.25) is 0 Å². The predicted octanol–water partition coefficient (Wildman–Crippen LogP) is 3.53. The van der Waals surface area contributed by atoms with Crippen LogP contribution in [0.1, 0.15) is 10.4 Å². The summed E-state index contributed by atoms with van der Waals surface area (Å²) in [5.41, 5.74) is 7.07. The topological polar surface area (TPSA) is 75.4 Å². The molecule has 6 heteroatoms. The summed E-state index contributed by atoms with van der Waals surface area (Å²) in [6.07, 6.45) is 0. The van der Waals surface area contributed by atoms with E-state index in [-0.39, 0.29) is 5.56 Å². The number of rotatable bonds is 3. The lowest BCUT2D eigenvalue weighted by atomic mass is 10.2. The van der Waals surface area contributed by atoms with Crippen LogP contribution < -0.4 is 11.1 Å².